The van der Waals surface area contributed by atoms with Crippen molar-refractivity contribution in [3.05, 3.63) is 118 Å². The van der Waals surface area contributed by atoms with Crippen molar-refractivity contribution in [1.82, 2.24) is 0 Å². The van der Waals surface area contributed by atoms with E-state index >= 15 is 0 Å². The molecular weight excluding hydrogens is 436 g/mol. The van der Waals surface area contributed by atoms with E-state index in [9.17, 15) is 9.90 Å². The Bertz CT molecular complexity index is 1350. The fraction of sp³-hybridized carbons (Fsp3) is 0.194. The van der Waals surface area contributed by atoms with Gasteiger partial charge in [-0.2, -0.15) is 0 Å². The van der Waals surface area contributed by atoms with Crippen LogP contribution in [0.4, 0.5) is 0 Å². The van der Waals surface area contributed by atoms with Crippen molar-refractivity contribution in [3.8, 4) is 23.0 Å². The number of aromatic hydroxyl groups is 1. The van der Waals surface area contributed by atoms with Crippen LogP contribution in [0.2, 0.25) is 0 Å². The van der Waals surface area contributed by atoms with Gasteiger partial charge in [0.15, 0.2) is 0 Å². The Morgan fingerprint density at radius 1 is 0.714 bits per heavy atom. The Morgan fingerprint density at radius 2 is 1.26 bits per heavy atom. The zero-order chi connectivity index (χ0) is 25.2. The number of carbonyl (C=O) groups is 1. The highest BCUT2D eigenvalue weighted by Crippen LogP contribution is 2.35. The van der Waals surface area contributed by atoms with Gasteiger partial charge in [-0.15, -0.1) is 0 Å². The average molecular weight is 467 g/mol. The number of rotatable bonds is 6. The molecule has 4 nitrogen and oxygen atoms in total. The second-order valence-electron chi connectivity index (χ2n) is 9.44. The van der Waals surface area contributed by atoms with Gasteiger partial charge in [0.25, 0.3) is 0 Å². The summed E-state index contributed by atoms with van der Waals surface area (Å²) in [6.07, 6.45) is 0. The number of hydrogen-bond acceptors (Lipinski definition) is 4. The third-order valence-electron chi connectivity index (χ3n) is 6.36. The lowest BCUT2D eigenvalue weighted by atomic mass is 9.77. The van der Waals surface area contributed by atoms with E-state index in [0.29, 0.717) is 17.1 Å². The summed E-state index contributed by atoms with van der Waals surface area (Å²) in [5, 5.41) is 9.87. The van der Waals surface area contributed by atoms with Crippen molar-refractivity contribution < 1.29 is 19.4 Å². The first-order valence-electron chi connectivity index (χ1n) is 11.6. The molecule has 1 N–H and O–H groups in total. The maximum absolute atomic E-state index is 12.8. The van der Waals surface area contributed by atoms with E-state index in [2.05, 4.69) is 13.8 Å². The smallest absolute Gasteiger partial charge is 0.343 e. The van der Waals surface area contributed by atoms with Crippen LogP contribution in [0.1, 0.15) is 52.0 Å². The zero-order valence-electron chi connectivity index (χ0n) is 20.8. The highest BCUT2D eigenvalue weighted by molar-refractivity contribution is 5.91. The third-order valence-corrected chi connectivity index (χ3v) is 6.36. The minimum absolute atomic E-state index is 0.279. The number of esters is 1. The number of carbonyl (C=O) groups excluding carboxylic acids is 1. The second-order valence-corrected chi connectivity index (χ2v) is 9.44. The van der Waals surface area contributed by atoms with E-state index in [0.717, 1.165) is 33.6 Å². The molecule has 178 valence electrons. The second kappa shape index (κ2) is 9.67. The molecule has 0 aliphatic carbocycles. The van der Waals surface area contributed by atoms with Crippen LogP contribution in [0.15, 0.2) is 84.9 Å². The molecule has 0 amide bonds. The predicted octanol–water partition coefficient (Wildman–Crippen LogP) is 7.65. The molecule has 35 heavy (non-hydrogen) atoms. The van der Waals surface area contributed by atoms with Crippen molar-refractivity contribution >= 4 is 5.97 Å². The van der Waals surface area contributed by atoms with Gasteiger partial charge in [0.1, 0.15) is 23.0 Å². The summed E-state index contributed by atoms with van der Waals surface area (Å²) in [6, 6.07) is 26.3. The van der Waals surface area contributed by atoms with Crippen molar-refractivity contribution in [2.45, 2.75) is 40.0 Å². The monoisotopic (exact) mass is 466 g/mol. The molecule has 0 bridgehead atoms. The minimum atomic E-state index is -0.420. The zero-order valence-corrected chi connectivity index (χ0v) is 20.8. The molecule has 4 rings (SSSR count). The molecule has 0 atom stereocenters. The normalized spacial score (nSPS) is 11.2. The molecule has 4 aromatic carbocycles. The van der Waals surface area contributed by atoms with Crippen molar-refractivity contribution in [3.63, 3.8) is 0 Å². The van der Waals surface area contributed by atoms with Gasteiger partial charge >= 0.3 is 5.97 Å². The van der Waals surface area contributed by atoms with Gasteiger partial charge < -0.3 is 14.6 Å². The maximum Gasteiger partial charge on any atom is 0.343 e. The van der Waals surface area contributed by atoms with E-state index in [1.54, 1.807) is 30.3 Å². The fourth-order valence-electron chi connectivity index (χ4n) is 3.92. The fourth-order valence-corrected chi connectivity index (χ4v) is 3.92. The van der Waals surface area contributed by atoms with E-state index in [-0.39, 0.29) is 11.2 Å². The minimum Gasteiger partial charge on any atom is -0.508 e. The molecule has 0 saturated carbocycles. The summed E-state index contributed by atoms with van der Waals surface area (Å²) in [5.74, 6) is 1.79. The topological polar surface area (TPSA) is 55.8 Å². The first kappa shape index (κ1) is 24.1. The van der Waals surface area contributed by atoms with Crippen LogP contribution in [-0.4, -0.2) is 11.1 Å². The van der Waals surface area contributed by atoms with Crippen LogP contribution in [-0.2, 0) is 5.41 Å². The summed E-state index contributed by atoms with van der Waals surface area (Å²) in [5.41, 5.74) is 5.25. The third kappa shape index (κ3) is 5.38. The number of phenols is 1. The number of benzene rings is 4. The van der Waals surface area contributed by atoms with Gasteiger partial charge in [0.2, 0.25) is 0 Å². The standard InChI is InChI=1S/C31H30O4/c1-20-6-12-26(13-7-20)34-27-14-8-23(9-15-27)30(33)35-29-17-11-25(19-22(29)3)31(4,5)24-10-16-28(32)21(2)18-24/h6-19,32H,1-5H3. The van der Waals surface area contributed by atoms with Gasteiger partial charge in [-0.3, -0.25) is 0 Å². The van der Waals surface area contributed by atoms with Crippen LogP contribution >= 0.6 is 0 Å². The molecule has 0 spiro atoms. The highest BCUT2D eigenvalue weighted by atomic mass is 16.5. The summed E-state index contributed by atoms with van der Waals surface area (Å²) in [4.78, 5) is 12.8. The summed E-state index contributed by atoms with van der Waals surface area (Å²) < 4.78 is 11.5. The lowest BCUT2D eigenvalue weighted by molar-refractivity contribution is 0.0733. The number of aryl methyl sites for hydroxylation is 3. The Kier molecular flexibility index (Phi) is 6.65. The molecule has 0 aromatic heterocycles. The van der Waals surface area contributed by atoms with E-state index in [1.165, 1.54) is 0 Å². The van der Waals surface area contributed by atoms with E-state index in [1.807, 2.05) is 75.4 Å². The lowest BCUT2D eigenvalue weighted by Crippen LogP contribution is -2.19. The number of ether oxygens (including phenoxy) is 2. The first-order chi connectivity index (χ1) is 16.6. The van der Waals surface area contributed by atoms with E-state index < -0.39 is 5.97 Å². The molecule has 4 heteroatoms. The molecule has 0 unspecified atom stereocenters. The van der Waals surface area contributed by atoms with Crippen molar-refractivity contribution in [2.75, 3.05) is 0 Å². The summed E-state index contributed by atoms with van der Waals surface area (Å²) >= 11 is 0. The summed E-state index contributed by atoms with van der Waals surface area (Å²) in [7, 11) is 0. The molecular formula is C31H30O4. The molecule has 0 saturated heterocycles. The molecule has 0 aliphatic heterocycles. The largest absolute Gasteiger partial charge is 0.508 e. The lowest BCUT2D eigenvalue weighted by Gasteiger charge is -2.27. The van der Waals surface area contributed by atoms with Crippen LogP contribution in [0.25, 0.3) is 0 Å². The van der Waals surface area contributed by atoms with Crippen LogP contribution in [0, 0.1) is 20.8 Å². The summed E-state index contributed by atoms with van der Waals surface area (Å²) in [6.45, 7) is 10.1. The van der Waals surface area contributed by atoms with Crippen LogP contribution in [0.5, 0.6) is 23.0 Å². The number of phenolic OH excluding ortho intramolecular Hbond substituents is 1. The Labute approximate surface area is 206 Å². The Morgan fingerprint density at radius 3 is 1.83 bits per heavy atom. The molecule has 0 heterocycles. The van der Waals surface area contributed by atoms with Gasteiger partial charge in [0.05, 0.1) is 5.56 Å². The molecule has 0 radical (unpaired) electrons. The van der Waals surface area contributed by atoms with Gasteiger partial charge in [-0.1, -0.05) is 55.8 Å². The van der Waals surface area contributed by atoms with Crippen molar-refractivity contribution in [1.29, 1.82) is 0 Å². The molecule has 4 aromatic rings. The van der Waals surface area contributed by atoms with Gasteiger partial charge in [-0.25, -0.2) is 4.79 Å². The van der Waals surface area contributed by atoms with Crippen molar-refractivity contribution in [2.24, 2.45) is 0 Å². The van der Waals surface area contributed by atoms with Crippen LogP contribution in [0.3, 0.4) is 0 Å². The molecule has 0 aliphatic rings. The molecule has 0 fully saturated rings. The number of hydrogen-bond donors (Lipinski definition) is 1. The Balaban J connectivity index is 1.46. The Hall–Kier alpha value is -4.05. The van der Waals surface area contributed by atoms with Gasteiger partial charge in [0, 0.05) is 5.41 Å². The van der Waals surface area contributed by atoms with Gasteiger partial charge in [-0.05, 0) is 91.6 Å². The maximum atomic E-state index is 12.8. The SMILES string of the molecule is Cc1ccc(Oc2ccc(C(=O)Oc3ccc(C(C)(C)c4ccc(O)c(C)c4)cc3C)cc2)cc1. The van der Waals surface area contributed by atoms with Crippen LogP contribution < -0.4 is 9.47 Å². The highest BCUT2D eigenvalue weighted by Gasteiger charge is 2.25. The average Bonchev–Trinajstić information content (AvgIpc) is 2.84. The predicted molar refractivity (Wildman–Crippen MR) is 139 cm³/mol. The quantitative estimate of drug-likeness (QED) is 0.234. The van der Waals surface area contributed by atoms with E-state index in [4.69, 9.17) is 9.47 Å². The first-order valence-corrected chi connectivity index (χ1v) is 11.6.